The molecule has 0 aliphatic carbocycles. The zero-order chi connectivity index (χ0) is 26.1. The zero-order valence-electron chi connectivity index (χ0n) is 20.5. The first-order chi connectivity index (χ1) is 18.0. The molecule has 1 fully saturated rings. The molecular formula is C28H25N3O6. The van der Waals surface area contributed by atoms with Crippen LogP contribution < -0.4 is 14.2 Å². The summed E-state index contributed by atoms with van der Waals surface area (Å²) in [4.78, 5) is 35.7. The molecule has 1 amide bonds. The van der Waals surface area contributed by atoms with Gasteiger partial charge in [-0.25, -0.2) is 0 Å². The third-order valence-electron chi connectivity index (χ3n) is 6.45. The monoisotopic (exact) mass is 499 g/mol. The summed E-state index contributed by atoms with van der Waals surface area (Å²) in [5.74, 6) is -0.742. The molecule has 2 N–H and O–H groups in total. The molecule has 1 aliphatic heterocycles. The van der Waals surface area contributed by atoms with Crippen molar-refractivity contribution in [3.05, 3.63) is 89.4 Å². The number of amides is 1. The number of aliphatic hydroxyl groups is 1. The molecule has 4 aromatic rings. The maximum Gasteiger partial charge on any atom is 0.296 e. The lowest BCUT2D eigenvalue weighted by Gasteiger charge is -2.26. The van der Waals surface area contributed by atoms with Gasteiger partial charge in [0.1, 0.15) is 5.76 Å². The number of aromatic nitrogens is 2. The SMILES string of the molecule is COc1cc(C2/C(=C(/O)c3c[nH]c4ccccc34)C(=O)C(=O)N2Cc2ccccn2)cc(OC)c1OC. The van der Waals surface area contributed by atoms with Gasteiger partial charge in [0, 0.05) is 28.9 Å². The number of rotatable bonds is 7. The number of aliphatic hydroxyl groups excluding tert-OH is 1. The average Bonchev–Trinajstić information content (AvgIpc) is 3.47. The highest BCUT2D eigenvalue weighted by Crippen LogP contribution is 2.46. The number of ether oxygens (including phenoxy) is 3. The Morgan fingerprint density at radius 1 is 1.00 bits per heavy atom. The van der Waals surface area contributed by atoms with Crippen LogP contribution in [0.1, 0.15) is 22.9 Å². The number of hydrogen-bond donors (Lipinski definition) is 2. The molecule has 0 spiro atoms. The standard InChI is InChI=1S/C28H25N3O6/c1-35-21-12-16(13-22(36-2)27(21)37-3)24-23(25(32)19-14-30-20-10-5-4-9-18(19)20)26(33)28(34)31(24)15-17-8-6-7-11-29-17/h4-14,24,30,32H,15H2,1-3H3/b25-23-. The van der Waals surface area contributed by atoms with Gasteiger partial charge in [0.05, 0.1) is 45.2 Å². The van der Waals surface area contributed by atoms with Crippen molar-refractivity contribution in [2.75, 3.05) is 21.3 Å². The number of pyridine rings is 1. The van der Waals surface area contributed by atoms with Crippen molar-refractivity contribution in [2.24, 2.45) is 0 Å². The first-order valence-electron chi connectivity index (χ1n) is 11.5. The third-order valence-corrected chi connectivity index (χ3v) is 6.45. The highest BCUT2D eigenvalue weighted by Gasteiger charge is 2.47. The number of carbonyl (C=O) groups excluding carboxylic acids is 2. The summed E-state index contributed by atoms with van der Waals surface area (Å²) in [6.45, 7) is 0.0530. The van der Waals surface area contributed by atoms with E-state index in [4.69, 9.17) is 14.2 Å². The molecular weight excluding hydrogens is 474 g/mol. The van der Waals surface area contributed by atoms with Gasteiger partial charge in [-0.3, -0.25) is 14.6 Å². The predicted molar refractivity (Wildman–Crippen MR) is 136 cm³/mol. The number of aromatic amines is 1. The number of ketones is 1. The minimum atomic E-state index is -0.940. The smallest absolute Gasteiger partial charge is 0.296 e. The molecule has 1 saturated heterocycles. The number of fused-ring (bicyclic) bond motifs is 1. The maximum atomic E-state index is 13.5. The third kappa shape index (κ3) is 4.04. The van der Waals surface area contributed by atoms with Crippen molar-refractivity contribution in [1.82, 2.24) is 14.9 Å². The topological polar surface area (TPSA) is 114 Å². The van der Waals surface area contributed by atoms with E-state index in [1.54, 1.807) is 42.7 Å². The molecule has 9 nitrogen and oxygen atoms in total. The average molecular weight is 500 g/mol. The molecule has 9 heteroatoms. The normalized spacial score (nSPS) is 16.8. The first-order valence-corrected chi connectivity index (χ1v) is 11.5. The minimum absolute atomic E-state index is 0.0417. The maximum absolute atomic E-state index is 13.5. The van der Waals surface area contributed by atoms with Gasteiger partial charge < -0.3 is 29.2 Å². The number of carbonyl (C=O) groups is 2. The van der Waals surface area contributed by atoms with Gasteiger partial charge in [-0.05, 0) is 35.9 Å². The summed E-state index contributed by atoms with van der Waals surface area (Å²) < 4.78 is 16.5. The van der Waals surface area contributed by atoms with Crippen molar-refractivity contribution in [3.63, 3.8) is 0 Å². The Bertz CT molecular complexity index is 1500. The highest BCUT2D eigenvalue weighted by molar-refractivity contribution is 6.46. The molecule has 5 rings (SSSR count). The van der Waals surface area contributed by atoms with Crippen LogP contribution >= 0.6 is 0 Å². The Kier molecular flexibility index (Phi) is 6.27. The minimum Gasteiger partial charge on any atom is -0.507 e. The number of nitrogens with one attached hydrogen (secondary N) is 1. The van der Waals surface area contributed by atoms with Crippen LogP contribution in [0.5, 0.6) is 17.2 Å². The molecule has 188 valence electrons. The van der Waals surface area contributed by atoms with Gasteiger partial charge in [-0.2, -0.15) is 0 Å². The molecule has 3 heterocycles. The summed E-state index contributed by atoms with van der Waals surface area (Å²) in [7, 11) is 4.46. The van der Waals surface area contributed by atoms with Gasteiger partial charge in [-0.1, -0.05) is 24.3 Å². The number of likely N-dealkylation sites (tertiary alicyclic amines) is 1. The lowest BCUT2D eigenvalue weighted by Crippen LogP contribution is -2.29. The van der Waals surface area contributed by atoms with Crippen LogP contribution in [-0.4, -0.2) is 53.0 Å². The fourth-order valence-electron chi connectivity index (χ4n) is 4.73. The zero-order valence-corrected chi connectivity index (χ0v) is 20.5. The Balaban J connectivity index is 1.74. The van der Waals surface area contributed by atoms with Crippen molar-refractivity contribution < 1.29 is 28.9 Å². The van der Waals surface area contributed by atoms with E-state index in [1.165, 1.54) is 26.2 Å². The fourth-order valence-corrected chi connectivity index (χ4v) is 4.73. The van der Waals surface area contributed by atoms with Crippen LogP contribution in [0.15, 0.2) is 72.6 Å². The lowest BCUT2D eigenvalue weighted by atomic mass is 9.94. The van der Waals surface area contributed by atoms with Crippen LogP contribution in [-0.2, 0) is 16.1 Å². The molecule has 1 atom stereocenters. The second-order valence-corrected chi connectivity index (χ2v) is 8.45. The van der Waals surface area contributed by atoms with Crippen LogP contribution in [0, 0.1) is 0 Å². The number of Topliss-reactive ketones (excluding diaryl/α,β-unsaturated/α-hetero) is 1. The van der Waals surface area contributed by atoms with E-state index < -0.39 is 17.7 Å². The van der Waals surface area contributed by atoms with Crippen LogP contribution in [0.3, 0.4) is 0 Å². The molecule has 0 saturated carbocycles. The number of methoxy groups -OCH3 is 3. The number of H-pyrrole nitrogens is 1. The molecule has 37 heavy (non-hydrogen) atoms. The van der Waals surface area contributed by atoms with E-state index in [-0.39, 0.29) is 17.9 Å². The molecule has 0 radical (unpaired) electrons. The van der Waals surface area contributed by atoms with E-state index in [0.29, 0.717) is 34.1 Å². The summed E-state index contributed by atoms with van der Waals surface area (Å²) in [6.07, 6.45) is 3.24. The van der Waals surface area contributed by atoms with Gasteiger partial charge in [0.15, 0.2) is 11.5 Å². The Morgan fingerprint density at radius 2 is 1.70 bits per heavy atom. The summed E-state index contributed by atoms with van der Waals surface area (Å²) in [5, 5.41) is 12.2. The quantitative estimate of drug-likeness (QED) is 0.222. The van der Waals surface area contributed by atoms with Crippen molar-refractivity contribution >= 4 is 28.4 Å². The number of hydrogen-bond acceptors (Lipinski definition) is 7. The second-order valence-electron chi connectivity index (χ2n) is 8.45. The molecule has 2 aromatic heterocycles. The fraction of sp³-hybridized carbons (Fsp3) is 0.179. The van der Waals surface area contributed by atoms with Gasteiger partial charge >= 0.3 is 0 Å². The van der Waals surface area contributed by atoms with Crippen molar-refractivity contribution in [2.45, 2.75) is 12.6 Å². The van der Waals surface area contributed by atoms with E-state index in [1.807, 2.05) is 24.3 Å². The van der Waals surface area contributed by atoms with Gasteiger partial charge in [0.25, 0.3) is 11.7 Å². The van der Waals surface area contributed by atoms with Crippen LogP contribution in [0.4, 0.5) is 0 Å². The van der Waals surface area contributed by atoms with E-state index >= 15 is 0 Å². The summed E-state index contributed by atoms with van der Waals surface area (Å²) >= 11 is 0. The van der Waals surface area contributed by atoms with Crippen LogP contribution in [0.2, 0.25) is 0 Å². The number of benzene rings is 2. The Morgan fingerprint density at radius 3 is 2.35 bits per heavy atom. The highest BCUT2D eigenvalue weighted by atomic mass is 16.5. The van der Waals surface area contributed by atoms with E-state index in [2.05, 4.69) is 9.97 Å². The lowest BCUT2D eigenvalue weighted by molar-refractivity contribution is -0.140. The van der Waals surface area contributed by atoms with Crippen LogP contribution in [0.25, 0.3) is 16.7 Å². The Labute approximate surface area is 212 Å². The van der Waals surface area contributed by atoms with E-state index in [9.17, 15) is 14.7 Å². The largest absolute Gasteiger partial charge is 0.507 e. The predicted octanol–water partition coefficient (Wildman–Crippen LogP) is 4.21. The summed E-state index contributed by atoms with van der Waals surface area (Å²) in [5.41, 5.74) is 2.26. The number of nitrogens with zero attached hydrogens (tertiary/aromatic N) is 2. The summed E-state index contributed by atoms with van der Waals surface area (Å²) in [6, 6.07) is 15.1. The number of para-hydroxylation sites is 1. The van der Waals surface area contributed by atoms with Crippen molar-refractivity contribution in [3.8, 4) is 17.2 Å². The van der Waals surface area contributed by atoms with Gasteiger partial charge in [0.2, 0.25) is 5.75 Å². The first kappa shape index (κ1) is 23.9. The van der Waals surface area contributed by atoms with E-state index in [0.717, 1.165) is 10.9 Å². The molecule has 1 unspecified atom stereocenters. The van der Waals surface area contributed by atoms with Crippen molar-refractivity contribution in [1.29, 1.82) is 0 Å². The molecule has 0 bridgehead atoms. The molecule has 1 aliphatic rings. The Hall–Kier alpha value is -4.79. The van der Waals surface area contributed by atoms with Gasteiger partial charge in [-0.15, -0.1) is 0 Å². The second kappa shape index (κ2) is 9.69. The molecule has 2 aromatic carbocycles.